The van der Waals surface area contributed by atoms with E-state index in [1.165, 1.54) is 6.33 Å². The second-order valence-corrected chi connectivity index (χ2v) is 5.13. The molecule has 1 aliphatic heterocycles. The number of imidazole rings is 1. The molecular weight excluding hydrogens is 310 g/mol. The first-order chi connectivity index (χ1) is 11.7. The Morgan fingerprint density at radius 1 is 1.17 bits per heavy atom. The minimum atomic E-state index is -0.291. The number of amides is 1. The summed E-state index contributed by atoms with van der Waals surface area (Å²) in [6, 6.07) is 6.70. The number of carbonyl (C=O) groups is 1. The zero-order valence-electron chi connectivity index (χ0n) is 12.8. The Kier molecular flexibility index (Phi) is 3.34. The van der Waals surface area contributed by atoms with Crippen molar-refractivity contribution < 1.29 is 14.3 Å². The fourth-order valence-corrected chi connectivity index (χ4v) is 2.39. The summed E-state index contributed by atoms with van der Waals surface area (Å²) in [4.78, 5) is 24.8. The van der Waals surface area contributed by atoms with Crippen molar-refractivity contribution in [1.29, 1.82) is 0 Å². The van der Waals surface area contributed by atoms with Gasteiger partial charge in [0.1, 0.15) is 23.8 Å². The number of aryl methyl sites for hydroxylation is 1. The number of nitrogens with one attached hydrogen (secondary N) is 1. The van der Waals surface area contributed by atoms with Gasteiger partial charge in [0.15, 0.2) is 11.5 Å². The number of fused-ring (bicyclic) bond motifs is 1. The quantitative estimate of drug-likeness (QED) is 0.792. The van der Waals surface area contributed by atoms with E-state index in [1.54, 1.807) is 41.2 Å². The van der Waals surface area contributed by atoms with E-state index in [0.29, 0.717) is 28.7 Å². The highest BCUT2D eigenvalue weighted by Gasteiger charge is 2.16. The number of rotatable bonds is 3. The van der Waals surface area contributed by atoms with Crippen molar-refractivity contribution in [3.05, 3.63) is 54.4 Å². The van der Waals surface area contributed by atoms with Crippen LogP contribution in [0.1, 0.15) is 16.2 Å². The maximum atomic E-state index is 12.4. The first kappa shape index (κ1) is 14.2. The highest BCUT2D eigenvalue weighted by molar-refractivity contribution is 6.04. The van der Waals surface area contributed by atoms with Crippen LogP contribution in [-0.2, 0) is 0 Å². The molecule has 24 heavy (non-hydrogen) atoms. The van der Waals surface area contributed by atoms with E-state index in [2.05, 4.69) is 20.3 Å². The van der Waals surface area contributed by atoms with Crippen molar-refractivity contribution in [2.45, 2.75) is 6.92 Å². The third-order valence-electron chi connectivity index (χ3n) is 3.60. The standard InChI is InChI=1S/C16H13N5O3/c1-10-17-4-5-21(10)15-7-14(18-8-19-15)20-16(22)11-2-3-12-13(6-11)24-9-23-12/h2-8H,9H2,1H3,(H,18,19,20,22). The summed E-state index contributed by atoms with van der Waals surface area (Å²) in [7, 11) is 0. The first-order valence-corrected chi connectivity index (χ1v) is 7.24. The lowest BCUT2D eigenvalue weighted by molar-refractivity contribution is 0.102. The van der Waals surface area contributed by atoms with Crippen LogP contribution < -0.4 is 14.8 Å². The molecule has 0 fully saturated rings. The molecular formula is C16H13N5O3. The normalized spacial score (nSPS) is 12.2. The number of aromatic nitrogens is 4. The van der Waals surface area contributed by atoms with Gasteiger partial charge >= 0.3 is 0 Å². The molecule has 3 heterocycles. The smallest absolute Gasteiger partial charge is 0.256 e. The van der Waals surface area contributed by atoms with Crippen molar-refractivity contribution in [2.75, 3.05) is 12.1 Å². The summed E-state index contributed by atoms with van der Waals surface area (Å²) in [5, 5.41) is 2.75. The molecule has 1 amide bonds. The fourth-order valence-electron chi connectivity index (χ4n) is 2.39. The first-order valence-electron chi connectivity index (χ1n) is 7.24. The van der Waals surface area contributed by atoms with Gasteiger partial charge in [-0.05, 0) is 25.1 Å². The van der Waals surface area contributed by atoms with Crippen LogP contribution in [-0.4, -0.2) is 32.2 Å². The van der Waals surface area contributed by atoms with Gasteiger partial charge in [-0.1, -0.05) is 0 Å². The van der Waals surface area contributed by atoms with E-state index < -0.39 is 0 Å². The summed E-state index contributed by atoms with van der Waals surface area (Å²) in [5.41, 5.74) is 0.457. The maximum Gasteiger partial charge on any atom is 0.256 e. The lowest BCUT2D eigenvalue weighted by atomic mass is 10.2. The third-order valence-corrected chi connectivity index (χ3v) is 3.60. The highest BCUT2D eigenvalue weighted by Crippen LogP contribution is 2.32. The lowest BCUT2D eigenvalue weighted by Gasteiger charge is -2.08. The van der Waals surface area contributed by atoms with Gasteiger partial charge in [-0.15, -0.1) is 0 Å². The molecule has 0 saturated carbocycles. The van der Waals surface area contributed by atoms with Crippen molar-refractivity contribution in [1.82, 2.24) is 19.5 Å². The number of anilines is 1. The van der Waals surface area contributed by atoms with E-state index in [0.717, 1.165) is 5.82 Å². The number of carbonyl (C=O) groups excluding carboxylic acids is 1. The monoisotopic (exact) mass is 323 g/mol. The van der Waals surface area contributed by atoms with Crippen molar-refractivity contribution in [2.24, 2.45) is 0 Å². The average Bonchev–Trinajstić information content (AvgIpc) is 3.22. The molecule has 8 nitrogen and oxygen atoms in total. The van der Waals surface area contributed by atoms with E-state index in [-0.39, 0.29) is 12.7 Å². The number of ether oxygens (including phenoxy) is 2. The Balaban J connectivity index is 1.57. The Morgan fingerprint density at radius 3 is 2.88 bits per heavy atom. The SMILES string of the molecule is Cc1nccn1-c1cc(NC(=O)c2ccc3c(c2)OCO3)ncn1. The van der Waals surface area contributed by atoms with Gasteiger partial charge in [0.05, 0.1) is 0 Å². The van der Waals surface area contributed by atoms with E-state index in [1.807, 2.05) is 6.92 Å². The molecule has 120 valence electrons. The van der Waals surface area contributed by atoms with Crippen LogP contribution >= 0.6 is 0 Å². The molecule has 0 bridgehead atoms. The molecule has 1 N–H and O–H groups in total. The predicted octanol–water partition coefficient (Wildman–Crippen LogP) is 1.95. The van der Waals surface area contributed by atoms with Crippen LogP contribution in [0.2, 0.25) is 0 Å². The summed E-state index contributed by atoms with van der Waals surface area (Å²) in [6.07, 6.45) is 4.87. The van der Waals surface area contributed by atoms with Crippen molar-refractivity contribution in [3.8, 4) is 17.3 Å². The summed E-state index contributed by atoms with van der Waals surface area (Å²) < 4.78 is 12.3. The van der Waals surface area contributed by atoms with Gasteiger partial charge < -0.3 is 14.8 Å². The Labute approximate surface area is 137 Å². The molecule has 0 atom stereocenters. The second-order valence-electron chi connectivity index (χ2n) is 5.13. The molecule has 1 aromatic carbocycles. The zero-order valence-corrected chi connectivity index (χ0v) is 12.8. The Hall–Kier alpha value is -3.42. The molecule has 0 saturated heterocycles. The molecule has 4 rings (SSSR count). The maximum absolute atomic E-state index is 12.4. The molecule has 3 aromatic rings. The van der Waals surface area contributed by atoms with Gasteiger partial charge in [-0.3, -0.25) is 9.36 Å². The largest absolute Gasteiger partial charge is 0.454 e. The van der Waals surface area contributed by atoms with E-state index in [9.17, 15) is 4.79 Å². The number of hydrogen-bond donors (Lipinski definition) is 1. The van der Waals surface area contributed by atoms with Gasteiger partial charge in [0, 0.05) is 24.0 Å². The summed E-state index contributed by atoms with van der Waals surface area (Å²) >= 11 is 0. The van der Waals surface area contributed by atoms with Gasteiger partial charge in [0.25, 0.3) is 5.91 Å². The molecule has 0 aliphatic carbocycles. The van der Waals surface area contributed by atoms with Crippen LogP contribution in [0, 0.1) is 6.92 Å². The van der Waals surface area contributed by atoms with Crippen LogP contribution in [0.15, 0.2) is 43.0 Å². The Bertz CT molecular complexity index is 922. The summed E-state index contributed by atoms with van der Waals surface area (Å²) in [5.74, 6) is 2.71. The van der Waals surface area contributed by atoms with Gasteiger partial charge in [0.2, 0.25) is 6.79 Å². The number of hydrogen-bond acceptors (Lipinski definition) is 6. The predicted molar refractivity (Wildman–Crippen MR) is 84.4 cm³/mol. The van der Waals surface area contributed by atoms with E-state index in [4.69, 9.17) is 9.47 Å². The van der Waals surface area contributed by atoms with Crippen molar-refractivity contribution >= 4 is 11.7 Å². The van der Waals surface area contributed by atoms with Crippen LogP contribution in [0.25, 0.3) is 5.82 Å². The van der Waals surface area contributed by atoms with Crippen molar-refractivity contribution in [3.63, 3.8) is 0 Å². The molecule has 2 aromatic heterocycles. The highest BCUT2D eigenvalue weighted by atomic mass is 16.7. The molecule has 1 aliphatic rings. The third kappa shape index (κ3) is 2.54. The minimum absolute atomic E-state index is 0.167. The molecule has 0 radical (unpaired) electrons. The minimum Gasteiger partial charge on any atom is -0.454 e. The molecule has 0 unspecified atom stereocenters. The topological polar surface area (TPSA) is 91.2 Å². The number of benzene rings is 1. The summed E-state index contributed by atoms with van der Waals surface area (Å²) in [6.45, 7) is 2.03. The average molecular weight is 323 g/mol. The van der Waals surface area contributed by atoms with Crippen LogP contribution in [0.3, 0.4) is 0 Å². The van der Waals surface area contributed by atoms with Crippen LogP contribution in [0.4, 0.5) is 5.82 Å². The Morgan fingerprint density at radius 2 is 2.04 bits per heavy atom. The second kappa shape index (κ2) is 5.65. The molecule has 8 heteroatoms. The van der Waals surface area contributed by atoms with E-state index >= 15 is 0 Å². The molecule has 0 spiro atoms. The fraction of sp³-hybridized carbons (Fsp3) is 0.125. The number of nitrogens with zero attached hydrogens (tertiary/aromatic N) is 4. The zero-order chi connectivity index (χ0) is 16.5. The van der Waals surface area contributed by atoms with Crippen LogP contribution in [0.5, 0.6) is 11.5 Å². The van der Waals surface area contributed by atoms with Gasteiger partial charge in [-0.2, -0.15) is 0 Å². The lowest BCUT2D eigenvalue weighted by Crippen LogP contribution is -2.13. The van der Waals surface area contributed by atoms with Gasteiger partial charge in [-0.25, -0.2) is 15.0 Å².